The van der Waals surface area contributed by atoms with Gasteiger partial charge in [0.05, 0.1) is 18.1 Å². The maximum atomic E-state index is 12.8. The van der Waals surface area contributed by atoms with Crippen molar-refractivity contribution in [2.75, 3.05) is 57.3 Å². The highest BCUT2D eigenvalue weighted by Gasteiger charge is 2.31. The molecule has 166 valence electrons. The first-order chi connectivity index (χ1) is 14.0. The second-order valence-corrected chi connectivity index (χ2v) is 10.8. The van der Waals surface area contributed by atoms with Gasteiger partial charge >= 0.3 is 0 Å². The van der Waals surface area contributed by atoms with Gasteiger partial charge in [-0.1, -0.05) is 19.3 Å². The summed E-state index contributed by atoms with van der Waals surface area (Å²) < 4.78 is 23.1. The van der Waals surface area contributed by atoms with Crippen molar-refractivity contribution in [2.24, 2.45) is 10.9 Å². The lowest BCUT2D eigenvalue weighted by atomic mass is 9.88. The van der Waals surface area contributed by atoms with E-state index in [4.69, 9.17) is 0 Å². The van der Waals surface area contributed by atoms with E-state index in [9.17, 15) is 13.2 Å². The van der Waals surface area contributed by atoms with Crippen LogP contribution in [0.5, 0.6) is 0 Å². The maximum absolute atomic E-state index is 12.8. The molecular weight excluding hydrogens is 390 g/mol. The van der Waals surface area contributed by atoms with Gasteiger partial charge in [-0.25, -0.2) is 8.42 Å². The number of aliphatic imine (C=N–C) groups is 1. The van der Waals surface area contributed by atoms with Crippen LogP contribution in [-0.2, 0) is 14.6 Å². The van der Waals surface area contributed by atoms with E-state index in [-0.39, 0.29) is 23.5 Å². The molecule has 3 aliphatic rings. The highest BCUT2D eigenvalue weighted by atomic mass is 32.2. The summed E-state index contributed by atoms with van der Waals surface area (Å²) in [5.41, 5.74) is 0. The molecule has 2 N–H and O–H groups in total. The molecule has 0 aromatic heterocycles. The number of carbonyl (C=O) groups is 1. The fourth-order valence-electron chi connectivity index (χ4n) is 4.48. The molecule has 3 rings (SSSR count). The van der Waals surface area contributed by atoms with Crippen LogP contribution in [0.15, 0.2) is 4.99 Å². The van der Waals surface area contributed by atoms with Crippen LogP contribution in [0.25, 0.3) is 0 Å². The van der Waals surface area contributed by atoms with Gasteiger partial charge in [-0.15, -0.1) is 0 Å². The fraction of sp³-hybridized carbons (Fsp3) is 0.900. The monoisotopic (exact) mass is 427 g/mol. The Morgan fingerprint density at radius 3 is 2.48 bits per heavy atom. The van der Waals surface area contributed by atoms with E-state index in [0.717, 1.165) is 51.4 Å². The molecule has 0 aromatic carbocycles. The highest BCUT2D eigenvalue weighted by molar-refractivity contribution is 7.91. The number of guanidine groups is 1. The highest BCUT2D eigenvalue weighted by Crippen LogP contribution is 2.26. The van der Waals surface area contributed by atoms with Gasteiger partial charge in [0.15, 0.2) is 15.8 Å². The molecule has 3 fully saturated rings. The molecule has 9 heteroatoms. The van der Waals surface area contributed by atoms with Crippen LogP contribution in [0.3, 0.4) is 0 Å². The first-order valence-corrected chi connectivity index (χ1v) is 13.1. The number of sulfone groups is 1. The average molecular weight is 428 g/mol. The van der Waals surface area contributed by atoms with Crippen LogP contribution in [0.4, 0.5) is 0 Å². The third kappa shape index (κ3) is 6.84. The Morgan fingerprint density at radius 1 is 1.07 bits per heavy atom. The summed E-state index contributed by atoms with van der Waals surface area (Å²) in [4.78, 5) is 21.6. The summed E-state index contributed by atoms with van der Waals surface area (Å²) in [5, 5.41) is 6.77. The molecule has 1 amide bonds. The standard InChI is InChI=1S/C20H37N5O3S/c1-2-21-20(22-9-11-24-12-14-29(27,28)15-13-24)23-18-8-10-25(16-18)19(26)17-6-4-3-5-7-17/h17-18H,2-16H2,1H3,(H2,21,22,23). The van der Waals surface area contributed by atoms with Gasteiger partial charge < -0.3 is 15.5 Å². The van der Waals surface area contributed by atoms with Crippen LogP contribution in [0, 0.1) is 5.92 Å². The Balaban J connectivity index is 1.43. The zero-order chi connectivity index (χ0) is 20.7. The lowest BCUT2D eigenvalue weighted by molar-refractivity contribution is -0.135. The van der Waals surface area contributed by atoms with E-state index in [0.29, 0.717) is 25.5 Å². The predicted molar refractivity (Wildman–Crippen MR) is 116 cm³/mol. The summed E-state index contributed by atoms with van der Waals surface area (Å²) in [6.45, 7) is 7.01. The largest absolute Gasteiger partial charge is 0.357 e. The molecule has 0 radical (unpaired) electrons. The van der Waals surface area contributed by atoms with Crippen molar-refractivity contribution in [3.05, 3.63) is 0 Å². The zero-order valence-electron chi connectivity index (χ0n) is 17.7. The molecule has 2 saturated heterocycles. The van der Waals surface area contributed by atoms with E-state index in [1.54, 1.807) is 0 Å². The lowest BCUT2D eigenvalue weighted by Gasteiger charge is -2.26. The Hall–Kier alpha value is -1.35. The third-order valence-electron chi connectivity index (χ3n) is 6.26. The second kappa shape index (κ2) is 10.6. The Labute approximate surface area is 175 Å². The summed E-state index contributed by atoms with van der Waals surface area (Å²) >= 11 is 0. The number of rotatable bonds is 6. The molecule has 1 aliphatic carbocycles. The fourth-order valence-corrected chi connectivity index (χ4v) is 5.75. The van der Waals surface area contributed by atoms with E-state index >= 15 is 0 Å². The Bertz CT molecular complexity index is 662. The van der Waals surface area contributed by atoms with Crippen LogP contribution in [0.2, 0.25) is 0 Å². The molecule has 2 heterocycles. The lowest BCUT2D eigenvalue weighted by Crippen LogP contribution is -2.46. The van der Waals surface area contributed by atoms with Crippen molar-refractivity contribution in [3.8, 4) is 0 Å². The van der Waals surface area contributed by atoms with Crippen molar-refractivity contribution < 1.29 is 13.2 Å². The van der Waals surface area contributed by atoms with E-state index in [1.165, 1.54) is 19.3 Å². The number of carbonyl (C=O) groups excluding carboxylic acids is 1. The van der Waals surface area contributed by atoms with E-state index in [1.807, 2.05) is 11.8 Å². The molecule has 1 atom stereocenters. The Morgan fingerprint density at radius 2 is 1.79 bits per heavy atom. The summed E-state index contributed by atoms with van der Waals surface area (Å²) in [6, 6.07) is 0.237. The van der Waals surface area contributed by atoms with Gasteiger partial charge in [0.25, 0.3) is 0 Å². The molecule has 29 heavy (non-hydrogen) atoms. The van der Waals surface area contributed by atoms with Gasteiger partial charge in [0.2, 0.25) is 5.91 Å². The molecule has 2 aliphatic heterocycles. The molecule has 8 nitrogen and oxygen atoms in total. The number of amides is 1. The van der Waals surface area contributed by atoms with Gasteiger partial charge in [-0.2, -0.15) is 0 Å². The second-order valence-electron chi connectivity index (χ2n) is 8.50. The summed E-state index contributed by atoms with van der Waals surface area (Å²) in [7, 11) is -2.84. The third-order valence-corrected chi connectivity index (χ3v) is 7.87. The molecule has 1 unspecified atom stereocenters. The van der Waals surface area contributed by atoms with Crippen LogP contribution in [0.1, 0.15) is 45.4 Å². The zero-order valence-corrected chi connectivity index (χ0v) is 18.6. The van der Waals surface area contributed by atoms with Crippen molar-refractivity contribution in [1.29, 1.82) is 0 Å². The van der Waals surface area contributed by atoms with Crippen molar-refractivity contribution in [1.82, 2.24) is 20.4 Å². The summed E-state index contributed by atoms with van der Waals surface area (Å²) in [6.07, 6.45) is 6.69. The molecule has 0 bridgehead atoms. The minimum absolute atomic E-state index is 0.234. The molecule has 0 spiro atoms. The first kappa shape index (κ1) is 22.3. The number of nitrogens with zero attached hydrogens (tertiary/aromatic N) is 3. The van der Waals surface area contributed by atoms with Gasteiger partial charge in [-0.3, -0.25) is 14.7 Å². The van der Waals surface area contributed by atoms with E-state index < -0.39 is 9.84 Å². The first-order valence-electron chi connectivity index (χ1n) is 11.2. The van der Waals surface area contributed by atoms with Gasteiger partial charge in [-0.05, 0) is 26.2 Å². The number of likely N-dealkylation sites (tertiary alicyclic amines) is 1. The van der Waals surface area contributed by atoms with Gasteiger partial charge in [0.1, 0.15) is 0 Å². The molecular formula is C20H37N5O3S. The average Bonchev–Trinajstić information content (AvgIpc) is 3.18. The van der Waals surface area contributed by atoms with Crippen molar-refractivity contribution in [2.45, 2.75) is 51.5 Å². The molecule has 0 aromatic rings. The number of nitrogens with one attached hydrogen (secondary N) is 2. The van der Waals surface area contributed by atoms with Crippen LogP contribution >= 0.6 is 0 Å². The number of hydrogen-bond donors (Lipinski definition) is 2. The van der Waals surface area contributed by atoms with E-state index in [2.05, 4.69) is 20.5 Å². The maximum Gasteiger partial charge on any atom is 0.225 e. The summed E-state index contributed by atoms with van der Waals surface area (Å²) in [5.74, 6) is 1.87. The van der Waals surface area contributed by atoms with Crippen molar-refractivity contribution >= 4 is 21.7 Å². The smallest absolute Gasteiger partial charge is 0.225 e. The van der Waals surface area contributed by atoms with Crippen LogP contribution < -0.4 is 10.6 Å². The quantitative estimate of drug-likeness (QED) is 0.472. The number of hydrogen-bond acceptors (Lipinski definition) is 5. The van der Waals surface area contributed by atoms with Crippen molar-refractivity contribution in [3.63, 3.8) is 0 Å². The molecule has 1 saturated carbocycles. The Kier molecular flexibility index (Phi) is 8.17. The minimum atomic E-state index is -2.84. The van der Waals surface area contributed by atoms with Gasteiger partial charge in [0, 0.05) is 51.2 Å². The normalized spacial score (nSPS) is 26.4. The topological polar surface area (TPSA) is 94.1 Å². The van der Waals surface area contributed by atoms with Crippen LogP contribution in [-0.4, -0.2) is 93.4 Å². The minimum Gasteiger partial charge on any atom is -0.357 e. The predicted octanol–water partition coefficient (Wildman–Crippen LogP) is 0.453. The SMILES string of the molecule is CCNC(=NCCN1CCS(=O)(=O)CC1)NC1CCN(C(=O)C2CCCCC2)C1.